The van der Waals surface area contributed by atoms with Gasteiger partial charge in [0.15, 0.2) is 0 Å². The molecule has 0 aliphatic carbocycles. The molecule has 2 heterocycles. The molecule has 0 saturated carbocycles. The van der Waals surface area contributed by atoms with Crippen molar-refractivity contribution in [3.05, 3.63) is 36.1 Å². The van der Waals surface area contributed by atoms with Crippen molar-refractivity contribution in [1.29, 1.82) is 0 Å². The Hall–Kier alpha value is -0.890. The van der Waals surface area contributed by atoms with E-state index in [1.54, 1.807) is 0 Å². The largest absolute Gasteiger partial charge is 0.291 e. The molecule has 2 rings (SSSR count). The summed E-state index contributed by atoms with van der Waals surface area (Å²) in [6, 6.07) is 7.43. The predicted molar refractivity (Wildman–Crippen MR) is 57.7 cm³/mol. The summed E-state index contributed by atoms with van der Waals surface area (Å²) in [4.78, 5) is 6.83. The van der Waals surface area contributed by atoms with Crippen LogP contribution in [0.4, 0.5) is 0 Å². The normalized spacial score (nSPS) is 18.7. The molecule has 75 valence electrons. The lowest BCUT2D eigenvalue weighted by Crippen LogP contribution is -2.33. The van der Waals surface area contributed by atoms with Crippen molar-refractivity contribution >= 4 is 0 Å². The average molecular weight is 189 g/mol. The fraction of sp³-hybridized carbons (Fsp3) is 0.500. The summed E-state index contributed by atoms with van der Waals surface area (Å²) in [5.41, 5.74) is 1.12. The molecule has 1 fully saturated rings. The Labute approximate surface area is 86.0 Å². The van der Waals surface area contributed by atoms with E-state index in [0.29, 0.717) is 0 Å². The first-order valence-electron chi connectivity index (χ1n) is 5.38. The van der Waals surface area contributed by atoms with E-state index >= 15 is 0 Å². The summed E-state index contributed by atoms with van der Waals surface area (Å²) in [5, 5.41) is 0. The third-order valence-electron chi connectivity index (χ3n) is 2.87. The maximum Gasteiger partial charge on any atom is 0.0846 e. The molecule has 2 heteroatoms. The second-order valence-corrected chi connectivity index (χ2v) is 3.85. The van der Waals surface area contributed by atoms with Crippen LogP contribution in [0.3, 0.4) is 0 Å². The Balaban J connectivity index is 2.03. The molecule has 0 atom stereocenters. The molecule has 0 unspecified atom stereocenters. The molecule has 1 aromatic rings. The van der Waals surface area contributed by atoms with E-state index in [-0.39, 0.29) is 0 Å². The molecule has 1 saturated heterocycles. The monoisotopic (exact) mass is 189 g/mol. The van der Waals surface area contributed by atoms with Gasteiger partial charge in [-0.05, 0) is 45.0 Å². The van der Waals surface area contributed by atoms with E-state index in [0.717, 1.165) is 5.69 Å². The van der Waals surface area contributed by atoms with Crippen LogP contribution in [0.2, 0.25) is 0 Å². The summed E-state index contributed by atoms with van der Waals surface area (Å²) in [5.74, 6) is 0. The molecule has 1 aliphatic rings. The molecule has 2 nitrogen and oxygen atoms in total. The first kappa shape index (κ1) is 9.66. The van der Waals surface area contributed by atoms with Gasteiger partial charge >= 0.3 is 0 Å². The fourth-order valence-corrected chi connectivity index (χ4v) is 1.97. The van der Waals surface area contributed by atoms with Crippen molar-refractivity contribution in [2.24, 2.45) is 0 Å². The van der Waals surface area contributed by atoms with Crippen molar-refractivity contribution < 1.29 is 0 Å². The first-order chi connectivity index (χ1) is 6.88. The molecule has 0 N–H and O–H groups in total. The van der Waals surface area contributed by atoms with Crippen molar-refractivity contribution in [3.8, 4) is 0 Å². The SMILES string of the molecule is C[C](c1ccccn1)N1CCCCC1. The molecule has 1 radical (unpaired) electrons. The zero-order valence-corrected chi connectivity index (χ0v) is 8.74. The molecule has 1 aromatic heterocycles. The van der Waals surface area contributed by atoms with Crippen molar-refractivity contribution in [2.45, 2.75) is 26.2 Å². The van der Waals surface area contributed by atoms with Gasteiger partial charge in [0.25, 0.3) is 0 Å². The lowest BCUT2D eigenvalue weighted by Gasteiger charge is -2.31. The quantitative estimate of drug-likeness (QED) is 0.710. The van der Waals surface area contributed by atoms with Gasteiger partial charge in [0.1, 0.15) is 0 Å². The van der Waals surface area contributed by atoms with Crippen LogP contribution < -0.4 is 0 Å². The Morgan fingerprint density at radius 2 is 2.00 bits per heavy atom. The van der Waals surface area contributed by atoms with E-state index in [4.69, 9.17) is 0 Å². The number of rotatable bonds is 2. The van der Waals surface area contributed by atoms with Gasteiger partial charge in [-0.1, -0.05) is 12.5 Å². The molecule has 0 bridgehead atoms. The van der Waals surface area contributed by atoms with Gasteiger partial charge in [-0.25, -0.2) is 0 Å². The van der Waals surface area contributed by atoms with Crippen LogP contribution in [-0.2, 0) is 0 Å². The Bertz CT molecular complexity index is 265. The van der Waals surface area contributed by atoms with E-state index in [2.05, 4.69) is 28.9 Å². The first-order valence-corrected chi connectivity index (χ1v) is 5.38. The van der Waals surface area contributed by atoms with Crippen LogP contribution in [-0.4, -0.2) is 23.0 Å². The predicted octanol–water partition coefficient (Wildman–Crippen LogP) is 2.47. The number of hydrogen-bond acceptors (Lipinski definition) is 2. The third-order valence-corrected chi connectivity index (χ3v) is 2.87. The van der Waals surface area contributed by atoms with Crippen LogP contribution in [0, 0.1) is 6.04 Å². The molecular weight excluding hydrogens is 172 g/mol. The number of nitrogens with zero attached hydrogens (tertiary/aromatic N) is 2. The maximum atomic E-state index is 4.38. The second-order valence-electron chi connectivity index (χ2n) is 3.85. The lowest BCUT2D eigenvalue weighted by atomic mass is 10.1. The summed E-state index contributed by atoms with van der Waals surface area (Å²) >= 11 is 0. The number of hydrogen-bond donors (Lipinski definition) is 0. The second kappa shape index (κ2) is 4.56. The highest BCUT2D eigenvalue weighted by Crippen LogP contribution is 2.21. The molecule has 0 spiro atoms. The van der Waals surface area contributed by atoms with Gasteiger partial charge in [-0.2, -0.15) is 0 Å². The highest BCUT2D eigenvalue weighted by molar-refractivity contribution is 5.20. The van der Waals surface area contributed by atoms with E-state index < -0.39 is 0 Å². The van der Waals surface area contributed by atoms with E-state index in [1.165, 1.54) is 38.4 Å². The molecule has 0 aromatic carbocycles. The zero-order valence-electron chi connectivity index (χ0n) is 8.74. The standard InChI is InChI=1S/C12H17N2/c1-11(12-7-3-4-8-13-12)14-9-5-2-6-10-14/h3-4,7-8H,2,5-6,9-10H2,1H3. The van der Waals surface area contributed by atoms with Gasteiger partial charge < -0.3 is 0 Å². The summed E-state index contributed by atoms with van der Waals surface area (Å²) in [7, 11) is 0. The molecule has 14 heavy (non-hydrogen) atoms. The summed E-state index contributed by atoms with van der Waals surface area (Å²) in [6.07, 6.45) is 5.89. The van der Waals surface area contributed by atoms with Crippen molar-refractivity contribution in [1.82, 2.24) is 9.88 Å². The Kier molecular flexibility index (Phi) is 3.14. The third kappa shape index (κ3) is 2.13. The van der Waals surface area contributed by atoms with E-state index in [1.807, 2.05) is 12.3 Å². The van der Waals surface area contributed by atoms with Crippen LogP contribution in [0.15, 0.2) is 24.4 Å². The number of aromatic nitrogens is 1. The highest BCUT2D eigenvalue weighted by Gasteiger charge is 2.19. The summed E-state index contributed by atoms with van der Waals surface area (Å²) in [6.45, 7) is 4.57. The number of likely N-dealkylation sites (tertiary alicyclic amines) is 1. The van der Waals surface area contributed by atoms with Crippen molar-refractivity contribution in [2.75, 3.05) is 13.1 Å². The van der Waals surface area contributed by atoms with Crippen LogP contribution in [0.5, 0.6) is 0 Å². The molecule has 0 amide bonds. The number of piperidine rings is 1. The minimum absolute atomic E-state index is 1.12. The van der Waals surface area contributed by atoms with Crippen LogP contribution in [0.1, 0.15) is 31.9 Å². The summed E-state index contributed by atoms with van der Waals surface area (Å²) < 4.78 is 0. The fourth-order valence-electron chi connectivity index (χ4n) is 1.97. The van der Waals surface area contributed by atoms with E-state index in [9.17, 15) is 0 Å². The van der Waals surface area contributed by atoms with Crippen LogP contribution >= 0.6 is 0 Å². The van der Waals surface area contributed by atoms with Gasteiger partial charge in [0.2, 0.25) is 0 Å². The Morgan fingerprint density at radius 1 is 1.21 bits per heavy atom. The molecule has 1 aliphatic heterocycles. The maximum absolute atomic E-state index is 4.38. The van der Waals surface area contributed by atoms with Crippen LogP contribution in [0.25, 0.3) is 0 Å². The van der Waals surface area contributed by atoms with Gasteiger partial charge in [0, 0.05) is 6.20 Å². The van der Waals surface area contributed by atoms with Gasteiger partial charge in [-0.3, -0.25) is 9.88 Å². The Morgan fingerprint density at radius 3 is 2.64 bits per heavy atom. The van der Waals surface area contributed by atoms with Crippen molar-refractivity contribution in [3.63, 3.8) is 0 Å². The lowest BCUT2D eigenvalue weighted by molar-refractivity contribution is 0.251. The minimum atomic E-state index is 1.12. The number of pyridine rings is 1. The molecular formula is C12H17N2. The van der Waals surface area contributed by atoms with Gasteiger partial charge in [-0.15, -0.1) is 0 Å². The topological polar surface area (TPSA) is 16.1 Å². The van der Waals surface area contributed by atoms with Gasteiger partial charge in [0.05, 0.1) is 11.7 Å². The highest BCUT2D eigenvalue weighted by atomic mass is 15.2. The smallest absolute Gasteiger partial charge is 0.0846 e. The zero-order chi connectivity index (χ0) is 9.80. The average Bonchev–Trinajstić information content (AvgIpc) is 2.30. The minimum Gasteiger partial charge on any atom is -0.291 e.